The van der Waals surface area contributed by atoms with Gasteiger partial charge in [-0.2, -0.15) is 0 Å². The first kappa shape index (κ1) is 13.4. The molecule has 0 radical (unpaired) electrons. The van der Waals surface area contributed by atoms with Crippen LogP contribution in [0.4, 0.5) is 0 Å². The van der Waals surface area contributed by atoms with Crippen molar-refractivity contribution in [1.82, 2.24) is 0 Å². The van der Waals surface area contributed by atoms with Crippen molar-refractivity contribution in [3.05, 3.63) is 0 Å². The fourth-order valence-electron chi connectivity index (χ4n) is 1.38. The molecule has 0 saturated carbocycles. The predicted molar refractivity (Wildman–Crippen MR) is 96.8 cm³/mol. The standard InChI is InChI=1S/H24Si11/c1-3-5-7-9-11-10-8-6-4-2/h3-11H2,1-2H3. The van der Waals surface area contributed by atoms with Crippen LogP contribution in [-0.4, -0.2) is 96.5 Å². The van der Waals surface area contributed by atoms with Gasteiger partial charge in [-0.15, -0.1) is 0 Å². The van der Waals surface area contributed by atoms with Gasteiger partial charge in [-0.3, -0.25) is 0 Å². The second-order valence-corrected chi connectivity index (χ2v) is 93.8. The van der Waals surface area contributed by atoms with E-state index in [1.54, 1.807) is 19.5 Å². The van der Waals surface area contributed by atoms with Crippen LogP contribution in [0.2, 0.25) is 0 Å². The first-order valence-corrected chi connectivity index (χ1v) is 48.7. The van der Waals surface area contributed by atoms with E-state index >= 15 is 0 Å². The molecule has 0 rings (SSSR count). The molecule has 0 heterocycles. The third-order valence-electron chi connectivity index (χ3n) is 2.21. The fraction of sp³-hybridized carbons (Fsp3) is 0. The van der Waals surface area contributed by atoms with Crippen LogP contribution in [0.15, 0.2) is 0 Å². The van der Waals surface area contributed by atoms with Gasteiger partial charge in [0.25, 0.3) is 0 Å². The van der Waals surface area contributed by atoms with Gasteiger partial charge in [0.05, 0.1) is 0 Å². The van der Waals surface area contributed by atoms with Crippen molar-refractivity contribution in [3.63, 3.8) is 0 Å². The van der Waals surface area contributed by atoms with Crippen LogP contribution in [0.1, 0.15) is 0 Å². The first-order valence-electron chi connectivity index (χ1n) is 5.41. The normalized spacial score (nSPS) is 20.7. The zero-order valence-corrected chi connectivity index (χ0v) is 25.1. The van der Waals surface area contributed by atoms with E-state index < -0.39 is 0 Å². The van der Waals surface area contributed by atoms with Crippen molar-refractivity contribution in [1.29, 1.82) is 0 Å². The Balaban J connectivity index is 2.69. The molecule has 0 saturated heterocycles. The summed E-state index contributed by atoms with van der Waals surface area (Å²) in [4.78, 5) is 0. The van der Waals surface area contributed by atoms with E-state index in [9.17, 15) is 0 Å². The van der Waals surface area contributed by atoms with E-state index in [0.717, 1.165) is 77.0 Å². The van der Waals surface area contributed by atoms with E-state index in [4.69, 9.17) is 0 Å². The Kier molecular flexibility index (Phi) is 15.1. The van der Waals surface area contributed by atoms with E-state index in [-0.39, 0.29) is 0 Å². The van der Waals surface area contributed by atoms with Crippen LogP contribution in [-0.2, 0) is 0 Å². The van der Waals surface area contributed by atoms with Gasteiger partial charge in [0, 0.05) is 0 Å². The molecule has 68 valence electrons. The Bertz CT molecular complexity index is 49.1. The van der Waals surface area contributed by atoms with Crippen molar-refractivity contribution in [2.45, 2.75) is 0 Å². The molecule has 11 heteroatoms. The quantitative estimate of drug-likeness (QED) is 0.306. The predicted octanol–water partition coefficient (Wildman–Crippen LogP) is -10.6. The Labute approximate surface area is 95.8 Å². The minimum absolute atomic E-state index is 0.814. The van der Waals surface area contributed by atoms with Crippen LogP contribution < -0.4 is 0 Å². The monoisotopic (exact) mass is 332 g/mol. The van der Waals surface area contributed by atoms with Crippen LogP contribution >= 0.6 is 0 Å². The lowest BCUT2D eigenvalue weighted by Crippen LogP contribution is -2.31. The summed E-state index contributed by atoms with van der Waals surface area (Å²) in [6.07, 6.45) is 0. The lowest BCUT2D eigenvalue weighted by molar-refractivity contribution is 3.82. The average Bonchev–Trinajstić information content (AvgIpc) is 2.03. The summed E-state index contributed by atoms with van der Waals surface area (Å²) in [5, 5.41) is 0. The SMILES string of the molecule is [SiH3][SiH2][SiH2][SiH2][SiH2][SiH2][SiH2][SiH2][SiH2][SiH2][SiH3]. The van der Waals surface area contributed by atoms with Gasteiger partial charge in [-0.1, -0.05) is 0 Å². The molecule has 0 fully saturated rings. The molecular formula is H24Si11. The third kappa shape index (κ3) is 12.4. The molecule has 0 unspecified atom stereocenters. The molecular weight excluding hydrogens is 309 g/mol. The van der Waals surface area contributed by atoms with E-state index in [2.05, 4.69) is 0 Å². The summed E-state index contributed by atoms with van der Waals surface area (Å²) in [6, 6.07) is 0. The Morgan fingerprint density at radius 3 is 1.00 bits per heavy atom. The van der Waals surface area contributed by atoms with Crippen LogP contribution in [0.25, 0.3) is 0 Å². The van der Waals surface area contributed by atoms with Crippen LogP contribution in [0.5, 0.6) is 0 Å². The van der Waals surface area contributed by atoms with Gasteiger partial charge in [-0.05, 0) is 96.5 Å². The highest BCUT2D eigenvalue weighted by Crippen LogP contribution is 1.56. The summed E-state index contributed by atoms with van der Waals surface area (Å²) in [7, 11) is 11.4. The van der Waals surface area contributed by atoms with Crippen molar-refractivity contribution in [2.75, 3.05) is 0 Å². The van der Waals surface area contributed by atoms with Gasteiger partial charge >= 0.3 is 0 Å². The molecule has 0 atom stereocenters. The molecule has 0 nitrogen and oxygen atoms in total. The van der Waals surface area contributed by atoms with Crippen molar-refractivity contribution >= 4 is 96.5 Å². The van der Waals surface area contributed by atoms with Gasteiger partial charge in [-0.25, -0.2) is 0 Å². The Morgan fingerprint density at radius 2 is 0.727 bits per heavy atom. The number of rotatable bonds is 8. The Hall–Kier alpha value is 2.39. The summed E-state index contributed by atoms with van der Waals surface area (Å²) in [6.45, 7) is 0. The molecule has 0 aromatic heterocycles. The molecule has 0 bridgehead atoms. The molecule has 0 aromatic carbocycles. The summed E-state index contributed by atoms with van der Waals surface area (Å²) in [5.41, 5.74) is 0. The first-order chi connectivity index (χ1) is 5.41. The summed E-state index contributed by atoms with van der Waals surface area (Å²) >= 11 is 0. The van der Waals surface area contributed by atoms with Gasteiger partial charge in [0.2, 0.25) is 0 Å². The summed E-state index contributed by atoms with van der Waals surface area (Å²) < 4.78 is 0. The number of hydrogen-bond acceptors (Lipinski definition) is 0. The van der Waals surface area contributed by atoms with Crippen molar-refractivity contribution in [3.8, 4) is 0 Å². The lowest BCUT2D eigenvalue weighted by atomic mass is 26.2. The third-order valence-corrected chi connectivity index (χ3v) is 179. The zero-order chi connectivity index (χ0) is 8.36. The largest absolute Gasteiger partial charge is 0.0120 e. The maximum absolute atomic E-state index is 1.72. The molecule has 0 aliphatic heterocycles. The molecule has 0 aliphatic carbocycles. The van der Waals surface area contributed by atoms with Gasteiger partial charge in [0.1, 0.15) is 0 Å². The topological polar surface area (TPSA) is 0 Å². The molecule has 0 aliphatic rings. The maximum Gasteiger partial charge on any atom is -0.00934 e. The van der Waals surface area contributed by atoms with E-state index in [1.807, 2.05) is 0 Å². The second-order valence-electron chi connectivity index (χ2n) is 3.47. The van der Waals surface area contributed by atoms with Crippen molar-refractivity contribution in [2.24, 2.45) is 0 Å². The smallest absolute Gasteiger partial charge is 0.00934 e. The highest BCUT2D eigenvalue weighted by Gasteiger charge is 1.93. The van der Waals surface area contributed by atoms with E-state index in [0.29, 0.717) is 0 Å². The highest BCUT2D eigenvalue weighted by atomic mass is 30.0. The lowest BCUT2D eigenvalue weighted by Gasteiger charge is -1.94. The van der Waals surface area contributed by atoms with Crippen LogP contribution in [0, 0.1) is 0 Å². The van der Waals surface area contributed by atoms with Gasteiger partial charge in [0.15, 0.2) is 0 Å². The molecule has 0 aromatic rings. The highest BCUT2D eigenvalue weighted by molar-refractivity contribution is 7.69. The second kappa shape index (κ2) is 12.4. The molecule has 0 N–H and O–H groups in total. The molecule has 0 spiro atoms. The summed E-state index contributed by atoms with van der Waals surface area (Å²) in [5.74, 6) is 0. The van der Waals surface area contributed by atoms with Crippen LogP contribution in [0.3, 0.4) is 0 Å². The number of hydrogen-bond donors (Lipinski definition) is 0. The maximum atomic E-state index is 1.72. The van der Waals surface area contributed by atoms with Gasteiger partial charge < -0.3 is 0 Å². The minimum atomic E-state index is 0.814. The van der Waals surface area contributed by atoms with Crippen molar-refractivity contribution < 1.29 is 0 Å². The zero-order valence-electron chi connectivity index (χ0n) is 8.36. The molecule has 11 heavy (non-hydrogen) atoms. The van der Waals surface area contributed by atoms with E-state index in [1.165, 1.54) is 0 Å². The fourth-order valence-corrected chi connectivity index (χ4v) is 336. The molecule has 0 amide bonds. The minimum Gasteiger partial charge on any atom is -0.0120 e. The average molecular weight is 333 g/mol. The Morgan fingerprint density at radius 1 is 0.455 bits per heavy atom.